The van der Waals surface area contributed by atoms with Crippen LogP contribution in [0.1, 0.15) is 71.2 Å². The first-order valence-electron chi connectivity index (χ1n) is 8.88. The van der Waals surface area contributed by atoms with E-state index in [1.165, 1.54) is 0 Å². The first-order chi connectivity index (χ1) is 14.3. The summed E-state index contributed by atoms with van der Waals surface area (Å²) in [5.74, 6) is 0. The van der Waals surface area contributed by atoms with Gasteiger partial charge >= 0.3 is 0 Å². The van der Waals surface area contributed by atoms with E-state index in [4.69, 9.17) is 0 Å². The van der Waals surface area contributed by atoms with Crippen LogP contribution in [0.15, 0.2) is 0 Å². The highest BCUT2D eigenvalue weighted by Gasteiger charge is 2.34. The van der Waals surface area contributed by atoms with Crippen LogP contribution in [0, 0.1) is 79.3 Å². The van der Waals surface area contributed by atoms with Crippen molar-refractivity contribution in [2.24, 2.45) is 0 Å². The van der Waals surface area contributed by atoms with Gasteiger partial charge in [-0.1, -0.05) is 26.7 Å². The molecular weight excluding hydrogens is 373 g/mol. The molecule has 0 aliphatic carbocycles. The van der Waals surface area contributed by atoms with Gasteiger partial charge in [-0.3, -0.25) is 0 Å². The molecule has 0 spiro atoms. The molecule has 0 aliphatic heterocycles. The molecule has 0 bridgehead atoms. The Morgan fingerprint density at radius 1 is 0.600 bits per heavy atom. The van der Waals surface area contributed by atoms with Crippen molar-refractivity contribution in [3.8, 4) is 42.5 Å². The number of nitrogens with zero attached hydrogens (tertiary/aromatic N) is 7. The second-order valence-electron chi connectivity index (χ2n) is 7.17. The lowest BCUT2D eigenvalue weighted by molar-refractivity contribution is 0.593. The lowest BCUT2D eigenvalue weighted by atomic mass is 9.60. The van der Waals surface area contributed by atoms with Crippen molar-refractivity contribution in [2.75, 3.05) is 0 Å². The Hall–Kier alpha value is -4.81. The lowest BCUT2D eigenvalue weighted by Crippen LogP contribution is -2.26. The second-order valence-corrected chi connectivity index (χ2v) is 7.17. The van der Waals surface area contributed by atoms with Crippen LogP contribution in [0.5, 0.6) is 0 Å². The predicted molar refractivity (Wildman–Crippen MR) is 108 cm³/mol. The van der Waals surface area contributed by atoms with Crippen LogP contribution in [0.25, 0.3) is 10.8 Å². The monoisotopic (exact) mass is 385 g/mol. The van der Waals surface area contributed by atoms with E-state index in [1.807, 2.05) is 52.0 Å². The van der Waals surface area contributed by atoms with E-state index in [9.17, 15) is 36.8 Å². The minimum atomic E-state index is -0.703. The maximum absolute atomic E-state index is 10.0. The number of rotatable bonds is 3. The van der Waals surface area contributed by atoms with Gasteiger partial charge in [0.15, 0.2) is 0 Å². The van der Waals surface area contributed by atoms with Crippen molar-refractivity contribution in [1.29, 1.82) is 36.8 Å². The average Bonchev–Trinajstić information content (AvgIpc) is 2.74. The number of nitriles is 7. The Morgan fingerprint density at radius 2 is 0.933 bits per heavy atom. The summed E-state index contributed by atoms with van der Waals surface area (Å²) in [5.41, 5.74) is -1.21. The second kappa shape index (κ2) is 8.06. The zero-order chi connectivity index (χ0) is 22.6. The number of fused-ring (bicyclic) bond motifs is 1. The molecule has 0 fully saturated rings. The molecule has 8 heteroatoms. The van der Waals surface area contributed by atoms with Gasteiger partial charge in [0.25, 0.3) is 0 Å². The molecule has 1 atom stereocenters. The molecule has 0 saturated carbocycles. The third kappa shape index (κ3) is 2.86. The summed E-state index contributed by atoms with van der Waals surface area (Å²) in [6.45, 7) is 3.76. The van der Waals surface area contributed by atoms with Crippen molar-refractivity contribution in [2.45, 2.75) is 32.0 Å². The summed E-state index contributed by atoms with van der Waals surface area (Å²) in [5, 5.41) is 67.6. The quantitative estimate of drug-likeness (QED) is 0.732. The molecule has 138 valence electrons. The summed E-state index contributed by atoms with van der Waals surface area (Å²) < 4.78 is 0. The van der Waals surface area contributed by atoms with Crippen molar-refractivity contribution in [3.05, 3.63) is 44.5 Å². The molecule has 0 aromatic heterocycles. The standard InChI is InChI=1S/C22H12BN7/c1-3-4-22(2,23)21-17(10-29)16(9-28)19-14(7-26)12(5-24)13(6-25)15(8-27)20(19)18(21)11-30/h3-4,23H2,1-2H3. The largest absolute Gasteiger partial charge is 0.192 e. The number of benzene rings is 2. The number of hydrogen-bond donors (Lipinski definition) is 0. The fraction of sp³-hybridized carbons (Fsp3) is 0.227. The Bertz CT molecular complexity index is 1400. The van der Waals surface area contributed by atoms with E-state index >= 15 is 0 Å². The molecule has 30 heavy (non-hydrogen) atoms. The molecule has 2 aromatic carbocycles. The third-order valence-electron chi connectivity index (χ3n) is 5.08. The molecule has 1 unspecified atom stereocenters. The van der Waals surface area contributed by atoms with Gasteiger partial charge in [0.1, 0.15) is 50.3 Å². The minimum absolute atomic E-state index is 0.0342. The van der Waals surface area contributed by atoms with Crippen molar-refractivity contribution in [3.63, 3.8) is 0 Å². The van der Waals surface area contributed by atoms with Gasteiger partial charge in [-0.2, -0.15) is 36.8 Å². The molecule has 0 heterocycles. The van der Waals surface area contributed by atoms with Crippen LogP contribution >= 0.6 is 0 Å². The lowest BCUT2D eigenvalue weighted by Gasteiger charge is -2.29. The number of hydrogen-bond acceptors (Lipinski definition) is 7. The third-order valence-corrected chi connectivity index (χ3v) is 5.08. The van der Waals surface area contributed by atoms with Crippen LogP contribution in [0.2, 0.25) is 0 Å². The van der Waals surface area contributed by atoms with Crippen LogP contribution < -0.4 is 0 Å². The summed E-state index contributed by atoms with van der Waals surface area (Å²) in [6.07, 6.45) is 1.31. The average molecular weight is 385 g/mol. The van der Waals surface area contributed by atoms with E-state index in [-0.39, 0.29) is 49.7 Å². The van der Waals surface area contributed by atoms with E-state index in [2.05, 4.69) is 0 Å². The maximum atomic E-state index is 10.0. The summed E-state index contributed by atoms with van der Waals surface area (Å²) >= 11 is 0. The molecular formula is C22H12BN7. The Kier molecular flexibility index (Phi) is 5.77. The predicted octanol–water partition coefficient (Wildman–Crippen LogP) is 2.59. The van der Waals surface area contributed by atoms with Gasteiger partial charge in [0.2, 0.25) is 0 Å². The van der Waals surface area contributed by atoms with Gasteiger partial charge in [0, 0.05) is 10.8 Å². The molecule has 0 amide bonds. The Morgan fingerprint density at radius 3 is 1.27 bits per heavy atom. The topological polar surface area (TPSA) is 167 Å². The Balaban J connectivity index is 3.55. The molecule has 0 radical (unpaired) electrons. The van der Waals surface area contributed by atoms with Crippen LogP contribution in [-0.2, 0) is 5.31 Å². The van der Waals surface area contributed by atoms with Gasteiger partial charge in [-0.25, -0.2) is 0 Å². The van der Waals surface area contributed by atoms with E-state index in [1.54, 1.807) is 12.1 Å². The molecule has 0 aliphatic rings. The Labute approximate surface area is 174 Å². The highest BCUT2D eigenvalue weighted by molar-refractivity contribution is 6.17. The van der Waals surface area contributed by atoms with Crippen molar-refractivity contribution in [1.82, 2.24) is 0 Å². The smallest absolute Gasteiger partial charge is 0.114 e. The minimum Gasteiger partial charge on any atom is -0.192 e. The normalized spacial score (nSPS) is 11.4. The van der Waals surface area contributed by atoms with Crippen molar-refractivity contribution >= 4 is 18.6 Å². The SMILES string of the molecule is BC(C)(CCC)c1c(C#N)c(C#N)c2c(C#N)c(C#N)c(C#N)c(C#N)c2c1C#N. The van der Waals surface area contributed by atoms with Crippen LogP contribution in [-0.4, -0.2) is 7.85 Å². The first-order valence-corrected chi connectivity index (χ1v) is 8.88. The fourth-order valence-electron chi connectivity index (χ4n) is 3.96. The maximum Gasteiger partial charge on any atom is 0.114 e. The van der Waals surface area contributed by atoms with Crippen LogP contribution in [0.3, 0.4) is 0 Å². The van der Waals surface area contributed by atoms with Crippen molar-refractivity contribution < 1.29 is 0 Å². The first kappa shape index (κ1) is 21.5. The zero-order valence-corrected chi connectivity index (χ0v) is 16.5. The molecule has 0 N–H and O–H groups in total. The van der Waals surface area contributed by atoms with Crippen LogP contribution in [0.4, 0.5) is 0 Å². The summed E-state index contributed by atoms with van der Waals surface area (Å²) in [7, 11) is 1.83. The zero-order valence-electron chi connectivity index (χ0n) is 16.5. The summed E-state index contributed by atoms with van der Waals surface area (Å²) in [6, 6.07) is 13.2. The molecule has 2 aromatic rings. The molecule has 7 nitrogen and oxygen atoms in total. The van der Waals surface area contributed by atoms with E-state index < -0.39 is 5.31 Å². The van der Waals surface area contributed by atoms with Gasteiger partial charge < -0.3 is 0 Å². The molecule has 2 rings (SSSR count). The highest BCUT2D eigenvalue weighted by atomic mass is 14.4. The summed E-state index contributed by atoms with van der Waals surface area (Å²) in [4.78, 5) is 0. The highest BCUT2D eigenvalue weighted by Crippen LogP contribution is 2.42. The van der Waals surface area contributed by atoms with Gasteiger partial charge in [0.05, 0.1) is 38.9 Å². The van der Waals surface area contributed by atoms with Gasteiger partial charge in [-0.15, -0.1) is 0 Å². The van der Waals surface area contributed by atoms with E-state index in [0.29, 0.717) is 12.0 Å². The van der Waals surface area contributed by atoms with E-state index in [0.717, 1.165) is 6.42 Å². The fourth-order valence-corrected chi connectivity index (χ4v) is 3.96. The van der Waals surface area contributed by atoms with Gasteiger partial charge in [-0.05, 0) is 10.9 Å². The molecule has 0 saturated heterocycles.